The van der Waals surface area contributed by atoms with Crippen molar-refractivity contribution >= 4 is 35.0 Å². The number of thioether (sulfide) groups is 1. The lowest BCUT2D eigenvalue weighted by atomic mass is 10.3. The molecule has 0 aliphatic heterocycles. The van der Waals surface area contributed by atoms with Crippen LogP contribution >= 0.6 is 11.8 Å². The van der Waals surface area contributed by atoms with Gasteiger partial charge in [0.1, 0.15) is 5.82 Å². The van der Waals surface area contributed by atoms with Gasteiger partial charge >= 0.3 is 0 Å². The number of halogens is 1. The maximum absolute atomic E-state index is 13.7. The highest BCUT2D eigenvalue weighted by molar-refractivity contribution is 8.00. The number of carbonyl (C=O) groups excluding carboxylic acids is 2. The van der Waals surface area contributed by atoms with Crippen LogP contribution < -0.4 is 10.6 Å². The van der Waals surface area contributed by atoms with Gasteiger partial charge in [0.25, 0.3) is 0 Å². The summed E-state index contributed by atoms with van der Waals surface area (Å²) >= 11 is 1.13. The molecule has 1 heterocycles. The Labute approximate surface area is 164 Å². The number of nitrogens with zero attached hydrogens (tertiary/aromatic N) is 4. The van der Waals surface area contributed by atoms with Crippen LogP contribution in [0.15, 0.2) is 53.7 Å². The van der Waals surface area contributed by atoms with E-state index >= 15 is 0 Å². The zero-order valence-electron chi connectivity index (χ0n) is 15.1. The minimum atomic E-state index is -0.581. The van der Waals surface area contributed by atoms with Gasteiger partial charge in [-0.2, -0.15) is 4.68 Å². The highest BCUT2D eigenvalue weighted by atomic mass is 32.2. The zero-order chi connectivity index (χ0) is 20.1. The molecule has 144 valence electrons. The van der Waals surface area contributed by atoms with Crippen molar-refractivity contribution in [3.8, 4) is 5.69 Å². The molecule has 0 radical (unpaired) electrons. The topological polar surface area (TPSA) is 102 Å². The van der Waals surface area contributed by atoms with E-state index < -0.39 is 11.1 Å². The third kappa shape index (κ3) is 4.71. The van der Waals surface area contributed by atoms with Crippen molar-refractivity contribution in [1.82, 2.24) is 20.2 Å². The summed E-state index contributed by atoms with van der Waals surface area (Å²) < 4.78 is 15.2. The summed E-state index contributed by atoms with van der Waals surface area (Å²) in [5.74, 6) is -1.08. The molecule has 2 amide bonds. The second-order valence-electron chi connectivity index (χ2n) is 5.83. The van der Waals surface area contributed by atoms with Crippen LogP contribution in [0.1, 0.15) is 13.8 Å². The van der Waals surface area contributed by atoms with Gasteiger partial charge < -0.3 is 10.6 Å². The maximum atomic E-state index is 13.7. The van der Waals surface area contributed by atoms with Crippen LogP contribution in [-0.4, -0.2) is 37.3 Å². The van der Waals surface area contributed by atoms with Crippen LogP contribution in [0.25, 0.3) is 5.69 Å². The van der Waals surface area contributed by atoms with E-state index in [0.29, 0.717) is 16.5 Å². The molecule has 0 aliphatic carbocycles. The number of nitrogens with one attached hydrogen (secondary N) is 2. The van der Waals surface area contributed by atoms with E-state index in [2.05, 4.69) is 26.2 Å². The molecule has 1 atom stereocenters. The van der Waals surface area contributed by atoms with Crippen LogP contribution in [0.4, 0.5) is 15.8 Å². The van der Waals surface area contributed by atoms with Crippen LogP contribution in [0.5, 0.6) is 0 Å². The third-order valence-electron chi connectivity index (χ3n) is 3.64. The molecule has 3 rings (SSSR count). The van der Waals surface area contributed by atoms with Gasteiger partial charge in [0.2, 0.25) is 17.0 Å². The molecule has 1 unspecified atom stereocenters. The van der Waals surface area contributed by atoms with E-state index in [-0.39, 0.29) is 17.5 Å². The highest BCUT2D eigenvalue weighted by Crippen LogP contribution is 2.25. The first kappa shape index (κ1) is 19.5. The van der Waals surface area contributed by atoms with Crippen LogP contribution in [0.3, 0.4) is 0 Å². The molecule has 0 saturated heterocycles. The number of rotatable bonds is 6. The molecular weight excluding hydrogens is 383 g/mol. The van der Waals surface area contributed by atoms with Crippen LogP contribution in [0, 0.1) is 5.82 Å². The van der Waals surface area contributed by atoms with Crippen molar-refractivity contribution in [3.05, 3.63) is 54.3 Å². The molecule has 2 aromatic carbocycles. The van der Waals surface area contributed by atoms with Gasteiger partial charge in [-0.05, 0) is 47.7 Å². The quantitative estimate of drug-likeness (QED) is 0.617. The van der Waals surface area contributed by atoms with Crippen molar-refractivity contribution in [2.45, 2.75) is 24.3 Å². The Kier molecular flexibility index (Phi) is 5.99. The van der Waals surface area contributed by atoms with E-state index in [4.69, 9.17) is 0 Å². The number of hydrogen-bond acceptors (Lipinski definition) is 6. The van der Waals surface area contributed by atoms with Gasteiger partial charge in [-0.25, -0.2) is 4.39 Å². The molecule has 8 nitrogen and oxygen atoms in total. The lowest BCUT2D eigenvalue weighted by Crippen LogP contribution is -2.23. The Balaban J connectivity index is 1.74. The van der Waals surface area contributed by atoms with Gasteiger partial charge in [-0.3, -0.25) is 9.59 Å². The Morgan fingerprint density at radius 1 is 1.14 bits per heavy atom. The first-order valence-corrected chi connectivity index (χ1v) is 9.20. The van der Waals surface area contributed by atoms with Crippen molar-refractivity contribution in [2.75, 3.05) is 10.6 Å². The zero-order valence-corrected chi connectivity index (χ0v) is 15.9. The molecule has 3 aromatic rings. The number of aromatic nitrogens is 4. The molecule has 0 spiro atoms. The Bertz CT molecular complexity index is 1010. The predicted octanol–water partition coefficient (Wildman–Crippen LogP) is 2.88. The lowest BCUT2D eigenvalue weighted by molar-refractivity contribution is -0.115. The summed E-state index contributed by atoms with van der Waals surface area (Å²) in [6.07, 6.45) is 0. The van der Waals surface area contributed by atoms with E-state index in [0.717, 1.165) is 11.8 Å². The summed E-state index contributed by atoms with van der Waals surface area (Å²) in [5.41, 5.74) is 1.34. The SMILES string of the molecule is CC(=O)Nc1cccc(-n2nnnc2SC(C)C(=O)Nc2ccccc2F)c1. The van der Waals surface area contributed by atoms with E-state index in [1.165, 1.54) is 23.7 Å². The van der Waals surface area contributed by atoms with Gasteiger partial charge in [0.15, 0.2) is 0 Å². The molecule has 10 heteroatoms. The number of amides is 2. The monoisotopic (exact) mass is 400 g/mol. The average Bonchev–Trinajstić information content (AvgIpc) is 3.11. The molecular formula is C18H17FN6O2S. The minimum absolute atomic E-state index is 0.113. The van der Waals surface area contributed by atoms with E-state index in [1.54, 1.807) is 43.3 Å². The number of hydrogen-bond donors (Lipinski definition) is 2. The molecule has 1 aromatic heterocycles. The standard InChI is InChI=1S/C18H17FN6O2S/c1-11(17(27)21-16-9-4-3-8-15(16)19)28-18-22-23-24-25(18)14-7-5-6-13(10-14)20-12(2)26/h3-11H,1-2H3,(H,20,26)(H,21,27). The largest absolute Gasteiger partial charge is 0.326 e. The van der Waals surface area contributed by atoms with Crippen molar-refractivity contribution in [1.29, 1.82) is 0 Å². The smallest absolute Gasteiger partial charge is 0.237 e. The fraction of sp³-hybridized carbons (Fsp3) is 0.167. The van der Waals surface area contributed by atoms with Gasteiger partial charge in [0, 0.05) is 12.6 Å². The molecule has 0 bridgehead atoms. The normalized spacial score (nSPS) is 11.7. The maximum Gasteiger partial charge on any atom is 0.237 e. The average molecular weight is 400 g/mol. The van der Waals surface area contributed by atoms with Crippen molar-refractivity contribution in [2.24, 2.45) is 0 Å². The summed E-state index contributed by atoms with van der Waals surface area (Å²) in [7, 11) is 0. The number of carbonyl (C=O) groups is 2. The Morgan fingerprint density at radius 3 is 2.68 bits per heavy atom. The van der Waals surface area contributed by atoms with Gasteiger partial charge in [-0.15, -0.1) is 5.10 Å². The fourth-order valence-electron chi connectivity index (χ4n) is 2.34. The van der Waals surface area contributed by atoms with Gasteiger partial charge in [-0.1, -0.05) is 30.0 Å². The first-order chi connectivity index (χ1) is 13.4. The summed E-state index contributed by atoms with van der Waals surface area (Å²) in [6.45, 7) is 3.09. The second-order valence-corrected chi connectivity index (χ2v) is 7.14. The van der Waals surface area contributed by atoms with Gasteiger partial charge in [0.05, 0.1) is 16.6 Å². The van der Waals surface area contributed by atoms with Crippen LogP contribution in [-0.2, 0) is 9.59 Å². The third-order valence-corrected chi connectivity index (χ3v) is 4.67. The highest BCUT2D eigenvalue weighted by Gasteiger charge is 2.20. The number of tetrazole rings is 1. The van der Waals surface area contributed by atoms with Crippen molar-refractivity contribution < 1.29 is 14.0 Å². The Morgan fingerprint density at radius 2 is 1.93 bits per heavy atom. The summed E-state index contributed by atoms with van der Waals surface area (Å²) in [4.78, 5) is 23.6. The molecule has 2 N–H and O–H groups in total. The number of benzene rings is 2. The predicted molar refractivity (Wildman–Crippen MR) is 104 cm³/mol. The van der Waals surface area contributed by atoms with E-state index in [9.17, 15) is 14.0 Å². The van der Waals surface area contributed by atoms with E-state index in [1.807, 2.05) is 0 Å². The number of para-hydroxylation sites is 1. The summed E-state index contributed by atoms with van der Waals surface area (Å²) in [5, 5.41) is 16.6. The summed E-state index contributed by atoms with van der Waals surface area (Å²) in [6, 6.07) is 12.9. The molecule has 0 aliphatic rings. The second kappa shape index (κ2) is 8.61. The molecule has 28 heavy (non-hydrogen) atoms. The Hall–Kier alpha value is -3.27. The molecule has 0 saturated carbocycles. The fourth-order valence-corrected chi connectivity index (χ4v) is 3.15. The molecule has 0 fully saturated rings. The number of anilines is 2. The first-order valence-electron chi connectivity index (χ1n) is 8.32. The lowest BCUT2D eigenvalue weighted by Gasteiger charge is -2.12. The van der Waals surface area contributed by atoms with Crippen LogP contribution in [0.2, 0.25) is 0 Å². The minimum Gasteiger partial charge on any atom is -0.326 e. The van der Waals surface area contributed by atoms with Crippen molar-refractivity contribution in [3.63, 3.8) is 0 Å².